The van der Waals surface area contributed by atoms with Crippen LogP contribution in [0.4, 0.5) is 0 Å². The molecule has 2 aliphatic rings. The van der Waals surface area contributed by atoms with E-state index in [0.717, 1.165) is 25.9 Å². The van der Waals surface area contributed by atoms with E-state index in [1.54, 1.807) is 12.1 Å². The molecule has 1 aliphatic carbocycles. The quantitative estimate of drug-likeness (QED) is 0.687. The predicted molar refractivity (Wildman–Crippen MR) is 123 cm³/mol. The molecule has 0 aromatic heterocycles. The summed E-state index contributed by atoms with van der Waals surface area (Å²) in [5.41, 5.74) is 6.11. The Morgan fingerprint density at radius 1 is 0.719 bits per heavy atom. The van der Waals surface area contributed by atoms with Crippen molar-refractivity contribution < 1.29 is 14.7 Å². The van der Waals surface area contributed by atoms with Gasteiger partial charge in [-0.3, -0.25) is 9.69 Å². The Morgan fingerprint density at radius 3 is 1.88 bits per heavy atom. The molecule has 1 heterocycles. The van der Waals surface area contributed by atoms with Crippen molar-refractivity contribution in [2.75, 3.05) is 26.2 Å². The molecule has 0 saturated carbocycles. The highest BCUT2D eigenvalue weighted by atomic mass is 16.4. The summed E-state index contributed by atoms with van der Waals surface area (Å²) in [5, 5.41) is 9.23. The van der Waals surface area contributed by atoms with Gasteiger partial charge in [-0.15, -0.1) is 0 Å². The normalized spacial score (nSPS) is 16.7. The number of aryl methyl sites for hydroxylation is 2. The second kappa shape index (κ2) is 8.60. The lowest BCUT2D eigenvalue weighted by Crippen LogP contribution is -2.50. The molecule has 0 radical (unpaired) electrons. The topological polar surface area (TPSA) is 60.9 Å². The van der Waals surface area contributed by atoms with Crippen LogP contribution in [0.25, 0.3) is 0 Å². The van der Waals surface area contributed by atoms with E-state index in [4.69, 9.17) is 0 Å². The molecule has 1 aliphatic heterocycles. The summed E-state index contributed by atoms with van der Waals surface area (Å²) < 4.78 is 0. The van der Waals surface area contributed by atoms with Gasteiger partial charge in [0.05, 0.1) is 11.6 Å². The van der Waals surface area contributed by atoms with Crippen LogP contribution in [0.3, 0.4) is 0 Å². The first-order valence-corrected chi connectivity index (χ1v) is 11.1. The fraction of sp³-hybridized carbons (Fsp3) is 0.259. The molecule has 0 spiro atoms. The minimum Gasteiger partial charge on any atom is -0.478 e. The number of fused-ring (bicyclic) bond motifs is 2. The molecule has 162 valence electrons. The maximum atomic E-state index is 13.0. The summed E-state index contributed by atoms with van der Waals surface area (Å²) in [5.74, 6) is -1.12. The van der Waals surface area contributed by atoms with Gasteiger partial charge in [0, 0.05) is 31.7 Å². The highest BCUT2D eigenvalue weighted by molar-refractivity contribution is 5.97. The molecule has 1 fully saturated rings. The molecule has 5 rings (SSSR count). The number of amides is 1. The van der Waals surface area contributed by atoms with E-state index in [-0.39, 0.29) is 17.5 Å². The van der Waals surface area contributed by atoms with Crippen molar-refractivity contribution in [1.82, 2.24) is 9.80 Å². The number of nitrogens with zero attached hydrogens (tertiary/aromatic N) is 2. The molecule has 1 saturated heterocycles. The largest absolute Gasteiger partial charge is 0.478 e. The lowest BCUT2D eigenvalue weighted by atomic mass is 9.92. The molecular formula is C27H26N2O3. The van der Waals surface area contributed by atoms with E-state index < -0.39 is 5.97 Å². The van der Waals surface area contributed by atoms with E-state index in [9.17, 15) is 14.7 Å². The van der Waals surface area contributed by atoms with Gasteiger partial charge in [-0.1, -0.05) is 54.6 Å². The third-order valence-electron chi connectivity index (χ3n) is 6.69. The van der Waals surface area contributed by atoms with E-state index in [2.05, 4.69) is 53.4 Å². The molecule has 1 amide bonds. The van der Waals surface area contributed by atoms with Gasteiger partial charge < -0.3 is 10.0 Å². The maximum absolute atomic E-state index is 13.0. The lowest BCUT2D eigenvalue weighted by Gasteiger charge is -2.40. The molecule has 0 unspecified atom stereocenters. The smallest absolute Gasteiger partial charge is 0.335 e. The monoisotopic (exact) mass is 426 g/mol. The Hall–Kier alpha value is -3.44. The van der Waals surface area contributed by atoms with E-state index in [1.165, 1.54) is 34.4 Å². The number of benzene rings is 3. The van der Waals surface area contributed by atoms with Crippen LogP contribution >= 0.6 is 0 Å². The number of carbonyl (C=O) groups excluding carboxylic acids is 1. The fourth-order valence-corrected chi connectivity index (χ4v) is 5.04. The number of carboxylic acids is 1. The molecule has 32 heavy (non-hydrogen) atoms. The summed E-state index contributed by atoms with van der Waals surface area (Å²) in [7, 11) is 0. The van der Waals surface area contributed by atoms with Gasteiger partial charge >= 0.3 is 5.97 Å². The molecule has 0 atom stereocenters. The molecule has 5 nitrogen and oxygen atoms in total. The number of piperazine rings is 1. The van der Waals surface area contributed by atoms with Crippen LogP contribution < -0.4 is 0 Å². The zero-order valence-corrected chi connectivity index (χ0v) is 17.9. The van der Waals surface area contributed by atoms with Crippen molar-refractivity contribution in [2.24, 2.45) is 0 Å². The third kappa shape index (κ3) is 3.80. The summed E-state index contributed by atoms with van der Waals surface area (Å²) in [6, 6.07) is 23.9. The van der Waals surface area contributed by atoms with Gasteiger partial charge in [-0.25, -0.2) is 4.79 Å². The predicted octanol–water partition coefficient (Wildman–Crippen LogP) is 4.03. The van der Waals surface area contributed by atoms with Gasteiger partial charge in [0.1, 0.15) is 0 Å². The number of hydrogen-bond acceptors (Lipinski definition) is 3. The van der Waals surface area contributed by atoms with Gasteiger partial charge in [0.2, 0.25) is 0 Å². The van der Waals surface area contributed by atoms with Crippen LogP contribution in [0.2, 0.25) is 0 Å². The molecule has 5 heteroatoms. The van der Waals surface area contributed by atoms with Crippen LogP contribution in [0.5, 0.6) is 0 Å². The second-order valence-electron chi connectivity index (χ2n) is 8.51. The Balaban J connectivity index is 1.38. The van der Waals surface area contributed by atoms with Crippen LogP contribution in [0.15, 0.2) is 72.8 Å². The number of aromatic carboxylic acids is 1. The minimum absolute atomic E-state index is 0.102. The van der Waals surface area contributed by atoms with Crippen LogP contribution in [-0.4, -0.2) is 53.0 Å². The Labute approximate surface area is 187 Å². The first-order valence-electron chi connectivity index (χ1n) is 11.1. The van der Waals surface area contributed by atoms with Crippen molar-refractivity contribution in [3.8, 4) is 0 Å². The van der Waals surface area contributed by atoms with Crippen molar-refractivity contribution in [3.63, 3.8) is 0 Å². The molecule has 0 bridgehead atoms. The molecule has 3 aromatic carbocycles. The zero-order valence-electron chi connectivity index (χ0n) is 17.9. The summed E-state index contributed by atoms with van der Waals surface area (Å²) in [6.45, 7) is 2.79. The Bertz CT molecular complexity index is 1120. The second-order valence-corrected chi connectivity index (χ2v) is 8.51. The SMILES string of the molecule is O=C(O)c1cccc(C(=O)N2CCN(C3c4ccccc4CCc4ccccc43)CC2)c1. The van der Waals surface area contributed by atoms with Gasteiger partial charge in [-0.05, 0) is 53.3 Å². The first kappa shape index (κ1) is 20.5. The number of carboxylic acid groups (broad SMARTS) is 1. The Kier molecular flexibility index (Phi) is 5.50. The average Bonchev–Trinajstić information content (AvgIpc) is 3.01. The molecule has 1 N–H and O–H groups in total. The number of hydrogen-bond donors (Lipinski definition) is 1. The minimum atomic E-state index is -1.02. The highest BCUT2D eigenvalue weighted by Crippen LogP contribution is 2.37. The van der Waals surface area contributed by atoms with E-state index in [1.807, 2.05) is 4.90 Å². The van der Waals surface area contributed by atoms with Crippen molar-refractivity contribution in [1.29, 1.82) is 0 Å². The fourth-order valence-electron chi connectivity index (χ4n) is 5.04. The number of rotatable bonds is 3. The summed E-state index contributed by atoms with van der Waals surface area (Å²) in [6.07, 6.45) is 2.09. The highest BCUT2D eigenvalue weighted by Gasteiger charge is 2.32. The molecule has 3 aromatic rings. The summed E-state index contributed by atoms with van der Waals surface area (Å²) in [4.78, 5) is 28.6. The zero-order chi connectivity index (χ0) is 22.1. The van der Waals surface area contributed by atoms with Crippen molar-refractivity contribution >= 4 is 11.9 Å². The van der Waals surface area contributed by atoms with Crippen LogP contribution in [0, 0.1) is 0 Å². The van der Waals surface area contributed by atoms with Gasteiger partial charge in [-0.2, -0.15) is 0 Å². The van der Waals surface area contributed by atoms with Crippen molar-refractivity contribution in [2.45, 2.75) is 18.9 Å². The summed E-state index contributed by atoms with van der Waals surface area (Å²) >= 11 is 0. The standard InChI is InChI=1S/C27H26N2O3/c30-26(21-8-5-9-22(18-21)27(31)32)29-16-14-28(15-17-29)25-23-10-3-1-6-19(23)12-13-20-7-2-4-11-24(20)25/h1-11,18,25H,12-17H2,(H,31,32). The average molecular weight is 427 g/mol. The van der Waals surface area contributed by atoms with E-state index in [0.29, 0.717) is 18.7 Å². The van der Waals surface area contributed by atoms with E-state index >= 15 is 0 Å². The maximum Gasteiger partial charge on any atom is 0.335 e. The van der Waals surface area contributed by atoms with Crippen molar-refractivity contribution in [3.05, 3.63) is 106 Å². The van der Waals surface area contributed by atoms with Crippen LogP contribution in [-0.2, 0) is 12.8 Å². The van der Waals surface area contributed by atoms with Gasteiger partial charge in [0.15, 0.2) is 0 Å². The first-order chi connectivity index (χ1) is 15.6. The number of carbonyl (C=O) groups is 2. The third-order valence-corrected chi connectivity index (χ3v) is 6.69. The molecular weight excluding hydrogens is 400 g/mol. The Morgan fingerprint density at radius 2 is 1.28 bits per heavy atom. The van der Waals surface area contributed by atoms with Crippen LogP contribution in [0.1, 0.15) is 49.0 Å². The lowest BCUT2D eigenvalue weighted by molar-refractivity contribution is 0.0597. The van der Waals surface area contributed by atoms with Gasteiger partial charge in [0.25, 0.3) is 5.91 Å².